The number of benzene rings is 1. The lowest BCUT2D eigenvalue weighted by atomic mass is 10.4. The van der Waals surface area contributed by atoms with Gasteiger partial charge >= 0.3 is 0 Å². The average Bonchev–Trinajstić information content (AvgIpc) is 2.45. The molecule has 0 saturated carbocycles. The van der Waals surface area contributed by atoms with E-state index in [4.69, 9.17) is 0 Å². The van der Waals surface area contributed by atoms with E-state index in [2.05, 4.69) is 82.5 Å². The Balaban J connectivity index is 3.39. The van der Waals surface area contributed by atoms with Crippen molar-refractivity contribution in [1.82, 2.24) is 0 Å². The summed E-state index contributed by atoms with van der Waals surface area (Å²) in [4.78, 5) is 0. The minimum absolute atomic E-state index is 1.27. The molecule has 0 aromatic heterocycles. The molecule has 0 saturated heterocycles. The second-order valence-corrected chi connectivity index (χ2v) is 21.8. The fourth-order valence-corrected chi connectivity index (χ4v) is 11.6. The summed E-state index contributed by atoms with van der Waals surface area (Å²) in [6, 6.07) is 14.2. The van der Waals surface area contributed by atoms with Gasteiger partial charge in [-0.15, -0.1) is 30.6 Å². The van der Waals surface area contributed by atoms with Crippen molar-refractivity contribution in [2.45, 2.75) is 51.9 Å². The summed E-state index contributed by atoms with van der Waals surface area (Å²) in [5.41, 5.74) is 0. The molecule has 0 fully saturated rings. The lowest BCUT2D eigenvalue weighted by Crippen LogP contribution is -2.57. The third kappa shape index (κ3) is 3.19. The molecule has 0 heterocycles. The molecular weight excluding hydrogens is 384 g/mol. The van der Waals surface area contributed by atoms with Gasteiger partial charge in [-0.3, -0.25) is 0 Å². The van der Waals surface area contributed by atoms with Gasteiger partial charge in [0.25, 0.3) is 0 Å². The third-order valence-electron chi connectivity index (χ3n) is 4.13. The molecule has 0 aliphatic rings. The molecule has 0 aliphatic carbocycles. The van der Waals surface area contributed by atoms with Crippen LogP contribution in [0.1, 0.15) is 27.7 Å². The Morgan fingerprint density at radius 2 is 1.00 bits per heavy atom. The Bertz CT molecular complexity index is 348. The van der Waals surface area contributed by atoms with E-state index in [1.807, 2.05) is 0 Å². The van der Waals surface area contributed by atoms with Crippen molar-refractivity contribution in [1.29, 1.82) is 0 Å². The van der Waals surface area contributed by atoms with Crippen LogP contribution in [0, 0.1) is 0 Å². The monoisotopic (exact) mass is 406 g/mol. The zero-order valence-corrected chi connectivity index (χ0v) is 17.1. The lowest BCUT2D eigenvalue weighted by molar-refractivity contribution is 1.31. The molecular formula is C14H24Br2Si2. The second-order valence-electron chi connectivity index (χ2n) is 4.89. The van der Waals surface area contributed by atoms with Crippen LogP contribution in [0.25, 0.3) is 0 Å². The van der Waals surface area contributed by atoms with E-state index in [-0.39, 0.29) is 0 Å². The van der Waals surface area contributed by atoms with Gasteiger partial charge in [0, 0.05) is 0 Å². The predicted octanol–water partition coefficient (Wildman–Crippen LogP) is 4.86. The van der Waals surface area contributed by atoms with Crippen molar-refractivity contribution in [2.75, 3.05) is 0 Å². The number of hydrogen-bond donors (Lipinski definition) is 0. The third-order valence-corrected chi connectivity index (χ3v) is 21.0. The van der Waals surface area contributed by atoms with Crippen LogP contribution >= 0.6 is 30.6 Å². The van der Waals surface area contributed by atoms with Crippen molar-refractivity contribution in [3.8, 4) is 0 Å². The minimum atomic E-state index is -1.44. The standard InChI is InChI=1S/C14H24Br2Si2/c1-5-17(15,6-2)13-11-9-10-12-14(13)18(16,7-3)8-4/h9-12H,5-8H2,1-4H3. The van der Waals surface area contributed by atoms with E-state index in [1.54, 1.807) is 10.4 Å². The van der Waals surface area contributed by atoms with Gasteiger partial charge in [-0.2, -0.15) is 0 Å². The first kappa shape index (κ1) is 16.7. The number of rotatable bonds is 6. The van der Waals surface area contributed by atoms with Gasteiger partial charge in [0.2, 0.25) is 0 Å². The number of hydrogen-bond acceptors (Lipinski definition) is 0. The van der Waals surface area contributed by atoms with Crippen LogP contribution in [0.5, 0.6) is 0 Å². The van der Waals surface area contributed by atoms with E-state index >= 15 is 0 Å². The van der Waals surface area contributed by atoms with Gasteiger partial charge < -0.3 is 0 Å². The summed E-state index contributed by atoms with van der Waals surface area (Å²) >= 11 is 8.27. The molecule has 1 aromatic rings. The van der Waals surface area contributed by atoms with Crippen LogP contribution in [0.4, 0.5) is 0 Å². The zero-order chi connectivity index (χ0) is 13.8. The highest BCUT2D eigenvalue weighted by atomic mass is 79.9. The predicted molar refractivity (Wildman–Crippen MR) is 97.0 cm³/mol. The Kier molecular flexibility index (Phi) is 6.36. The SMILES string of the molecule is CC[Si](Br)(CC)c1ccccc1[Si](Br)(CC)CC. The van der Waals surface area contributed by atoms with Gasteiger partial charge in [-0.25, -0.2) is 0 Å². The first-order valence-corrected chi connectivity index (χ1v) is 16.3. The summed E-state index contributed by atoms with van der Waals surface area (Å²) in [7, 11) is 0. The topological polar surface area (TPSA) is 0 Å². The van der Waals surface area contributed by atoms with Crippen molar-refractivity contribution >= 4 is 54.3 Å². The second kappa shape index (κ2) is 6.86. The van der Waals surface area contributed by atoms with Crippen LogP contribution < -0.4 is 10.4 Å². The van der Waals surface area contributed by atoms with Crippen LogP contribution in [-0.2, 0) is 0 Å². The van der Waals surface area contributed by atoms with Crippen molar-refractivity contribution in [3.05, 3.63) is 24.3 Å². The quantitative estimate of drug-likeness (QED) is 0.466. The molecule has 0 N–H and O–H groups in total. The molecule has 0 bridgehead atoms. The molecule has 0 spiro atoms. The Labute approximate surface area is 130 Å². The fourth-order valence-electron chi connectivity index (χ4n) is 2.53. The molecule has 4 heteroatoms. The van der Waals surface area contributed by atoms with Gasteiger partial charge in [0.15, 0.2) is 13.4 Å². The molecule has 102 valence electrons. The molecule has 0 atom stereocenters. The summed E-state index contributed by atoms with van der Waals surface area (Å²) in [6.45, 7) is 6.43. The highest BCUT2D eigenvalue weighted by Gasteiger charge is 2.37. The van der Waals surface area contributed by atoms with E-state index in [9.17, 15) is 0 Å². The Hall–Kier alpha value is 0.614. The molecule has 18 heavy (non-hydrogen) atoms. The summed E-state index contributed by atoms with van der Waals surface area (Å²) in [5, 5.41) is 3.28. The van der Waals surface area contributed by atoms with Crippen molar-refractivity contribution in [3.63, 3.8) is 0 Å². The van der Waals surface area contributed by atoms with E-state index in [0.29, 0.717) is 0 Å². The Morgan fingerprint density at radius 3 is 1.22 bits per heavy atom. The molecule has 1 aromatic carbocycles. The fraction of sp³-hybridized carbons (Fsp3) is 0.571. The first-order chi connectivity index (χ1) is 8.47. The molecule has 1 rings (SSSR count). The first-order valence-electron chi connectivity index (χ1n) is 6.95. The summed E-state index contributed by atoms with van der Waals surface area (Å²) in [5.74, 6) is 0. The van der Waals surface area contributed by atoms with Gasteiger partial charge in [-0.1, -0.05) is 52.0 Å². The average molecular weight is 408 g/mol. The maximum absolute atomic E-state index is 4.13. The maximum Gasteiger partial charge on any atom is 0.160 e. The van der Waals surface area contributed by atoms with Crippen molar-refractivity contribution in [2.24, 2.45) is 0 Å². The molecule has 0 aliphatic heterocycles. The van der Waals surface area contributed by atoms with E-state index < -0.39 is 13.4 Å². The van der Waals surface area contributed by atoms with E-state index in [1.165, 1.54) is 24.2 Å². The lowest BCUT2D eigenvalue weighted by Gasteiger charge is -2.32. The molecule has 0 radical (unpaired) electrons. The normalized spacial score (nSPS) is 12.8. The summed E-state index contributed by atoms with van der Waals surface area (Å²) < 4.78 is 0. The van der Waals surface area contributed by atoms with Crippen LogP contribution in [0.3, 0.4) is 0 Å². The van der Waals surface area contributed by atoms with Gasteiger partial charge in [0.1, 0.15) is 0 Å². The number of halogens is 2. The van der Waals surface area contributed by atoms with Gasteiger partial charge in [-0.05, 0) is 34.5 Å². The Morgan fingerprint density at radius 1 is 0.722 bits per heavy atom. The molecule has 0 nitrogen and oxygen atoms in total. The van der Waals surface area contributed by atoms with Crippen LogP contribution in [0.15, 0.2) is 24.3 Å². The largest absolute Gasteiger partial charge is 0.160 e. The van der Waals surface area contributed by atoms with Crippen molar-refractivity contribution < 1.29 is 0 Å². The highest BCUT2D eigenvalue weighted by molar-refractivity contribution is 9.27. The van der Waals surface area contributed by atoms with Gasteiger partial charge in [0.05, 0.1) is 0 Å². The molecule has 0 unspecified atom stereocenters. The zero-order valence-electron chi connectivity index (χ0n) is 11.9. The summed E-state index contributed by atoms with van der Waals surface area (Å²) in [6.07, 6.45) is 0. The highest BCUT2D eigenvalue weighted by Crippen LogP contribution is 2.26. The van der Waals surface area contributed by atoms with Crippen LogP contribution in [0.2, 0.25) is 24.2 Å². The minimum Gasteiger partial charge on any atom is -0.120 e. The molecule has 0 amide bonds. The smallest absolute Gasteiger partial charge is 0.120 e. The maximum atomic E-state index is 4.13. The van der Waals surface area contributed by atoms with E-state index in [0.717, 1.165) is 0 Å². The van der Waals surface area contributed by atoms with Crippen LogP contribution in [-0.4, -0.2) is 13.4 Å².